The molecule has 0 aromatic rings. The minimum Gasteiger partial charge on any atom is -0.368 e. The first-order valence-electron chi connectivity index (χ1n) is 7.90. The standard InChI is InChI=1S/C18H32N2OS/c1-14(2)7-5-8-15(3)9-6-10-16(4)11-12-22-13-17(19)18(20)21/h7,9,11,17H,5-6,8,10,12-13,19H2,1-4H3,(H2,20,21)/b15-9+,16-11+/t17-/m0/s1. The average molecular weight is 325 g/mol. The Labute approximate surface area is 140 Å². The molecule has 0 saturated heterocycles. The van der Waals surface area contributed by atoms with E-state index in [1.54, 1.807) is 11.8 Å². The van der Waals surface area contributed by atoms with Crippen LogP contribution in [0.3, 0.4) is 0 Å². The molecule has 0 bridgehead atoms. The van der Waals surface area contributed by atoms with E-state index in [9.17, 15) is 4.79 Å². The molecule has 0 aromatic heterocycles. The van der Waals surface area contributed by atoms with Gasteiger partial charge in [-0.1, -0.05) is 34.9 Å². The summed E-state index contributed by atoms with van der Waals surface area (Å²) in [6.45, 7) is 8.64. The van der Waals surface area contributed by atoms with Crippen LogP contribution in [-0.2, 0) is 4.79 Å². The van der Waals surface area contributed by atoms with Crippen LogP contribution >= 0.6 is 11.8 Å². The fraction of sp³-hybridized carbons (Fsp3) is 0.611. The van der Waals surface area contributed by atoms with Gasteiger partial charge in [-0.05, 0) is 53.4 Å². The molecule has 4 N–H and O–H groups in total. The van der Waals surface area contributed by atoms with Crippen molar-refractivity contribution in [1.82, 2.24) is 0 Å². The predicted molar refractivity (Wildman–Crippen MR) is 99.9 cm³/mol. The van der Waals surface area contributed by atoms with Crippen molar-refractivity contribution in [3.05, 3.63) is 34.9 Å². The lowest BCUT2D eigenvalue weighted by Gasteiger charge is -2.05. The largest absolute Gasteiger partial charge is 0.368 e. The van der Waals surface area contributed by atoms with Crippen molar-refractivity contribution in [2.75, 3.05) is 11.5 Å². The highest BCUT2D eigenvalue weighted by molar-refractivity contribution is 7.99. The Hall–Kier alpha value is -1.00. The number of hydrogen-bond acceptors (Lipinski definition) is 3. The van der Waals surface area contributed by atoms with Crippen LogP contribution in [-0.4, -0.2) is 23.5 Å². The van der Waals surface area contributed by atoms with Gasteiger partial charge in [0.15, 0.2) is 0 Å². The third kappa shape index (κ3) is 12.7. The van der Waals surface area contributed by atoms with Gasteiger partial charge in [-0.25, -0.2) is 0 Å². The summed E-state index contributed by atoms with van der Waals surface area (Å²) in [5.41, 5.74) is 14.9. The van der Waals surface area contributed by atoms with Crippen molar-refractivity contribution < 1.29 is 4.79 Å². The molecule has 0 aromatic carbocycles. The Bertz CT molecular complexity index is 421. The van der Waals surface area contributed by atoms with E-state index in [1.165, 1.54) is 16.7 Å². The first kappa shape index (κ1) is 21.0. The molecule has 3 nitrogen and oxygen atoms in total. The number of carbonyl (C=O) groups excluding carboxylic acids is 1. The average Bonchev–Trinajstić information content (AvgIpc) is 2.42. The van der Waals surface area contributed by atoms with Gasteiger partial charge in [-0.2, -0.15) is 11.8 Å². The summed E-state index contributed by atoms with van der Waals surface area (Å²) in [4.78, 5) is 10.8. The van der Waals surface area contributed by atoms with Gasteiger partial charge in [0.2, 0.25) is 5.91 Å². The second kappa shape index (κ2) is 12.5. The van der Waals surface area contributed by atoms with Crippen LogP contribution in [0.1, 0.15) is 53.4 Å². The zero-order valence-corrected chi connectivity index (χ0v) is 15.3. The fourth-order valence-electron chi connectivity index (χ4n) is 1.82. The minimum atomic E-state index is -0.537. The Morgan fingerprint density at radius 1 is 1.00 bits per heavy atom. The van der Waals surface area contributed by atoms with Gasteiger partial charge >= 0.3 is 0 Å². The summed E-state index contributed by atoms with van der Waals surface area (Å²) in [6, 6.07) is -0.537. The van der Waals surface area contributed by atoms with Gasteiger partial charge in [0.1, 0.15) is 0 Å². The maximum Gasteiger partial charge on any atom is 0.235 e. The number of hydrogen-bond donors (Lipinski definition) is 2. The SMILES string of the molecule is CC(C)=CCC/C(C)=C/CC/C(C)=C/CSC[C@H](N)C(N)=O. The van der Waals surface area contributed by atoms with Crippen molar-refractivity contribution in [2.45, 2.75) is 59.4 Å². The maximum absolute atomic E-state index is 10.8. The summed E-state index contributed by atoms with van der Waals surface area (Å²) >= 11 is 1.65. The molecule has 4 heteroatoms. The Balaban J connectivity index is 3.87. The molecule has 0 spiro atoms. The van der Waals surface area contributed by atoms with Crippen LogP contribution in [0.2, 0.25) is 0 Å². The van der Waals surface area contributed by atoms with Gasteiger partial charge in [-0.15, -0.1) is 0 Å². The number of rotatable bonds is 11. The summed E-state index contributed by atoms with van der Waals surface area (Å²) in [6.07, 6.45) is 11.3. The first-order chi connectivity index (χ1) is 10.3. The minimum absolute atomic E-state index is 0.429. The summed E-state index contributed by atoms with van der Waals surface area (Å²) in [7, 11) is 0. The predicted octanol–water partition coefficient (Wildman–Crippen LogP) is 3.95. The topological polar surface area (TPSA) is 69.1 Å². The van der Waals surface area contributed by atoms with Crippen molar-refractivity contribution in [1.29, 1.82) is 0 Å². The van der Waals surface area contributed by atoms with E-state index < -0.39 is 11.9 Å². The normalized spacial score (nSPS) is 13.9. The summed E-state index contributed by atoms with van der Waals surface area (Å²) in [5.74, 6) is 1.04. The van der Waals surface area contributed by atoms with E-state index in [0.29, 0.717) is 5.75 Å². The van der Waals surface area contributed by atoms with Crippen LogP contribution < -0.4 is 11.5 Å². The second-order valence-corrected chi connectivity index (χ2v) is 7.08. The van der Waals surface area contributed by atoms with Gasteiger partial charge < -0.3 is 11.5 Å². The number of nitrogens with two attached hydrogens (primary N) is 2. The third-order valence-corrected chi connectivity index (χ3v) is 4.33. The zero-order valence-electron chi connectivity index (χ0n) is 14.5. The monoisotopic (exact) mass is 324 g/mol. The molecule has 126 valence electrons. The molecule has 1 atom stereocenters. The van der Waals surface area contributed by atoms with Crippen LogP contribution in [0, 0.1) is 0 Å². The van der Waals surface area contributed by atoms with Crippen molar-refractivity contribution in [3.63, 3.8) is 0 Å². The fourth-order valence-corrected chi connectivity index (χ4v) is 2.77. The first-order valence-corrected chi connectivity index (χ1v) is 9.05. The summed E-state index contributed by atoms with van der Waals surface area (Å²) < 4.78 is 0. The molecule has 0 saturated carbocycles. The van der Waals surface area contributed by atoms with Crippen LogP contribution in [0.5, 0.6) is 0 Å². The molecule has 0 rings (SSSR count). The number of amides is 1. The van der Waals surface area contributed by atoms with E-state index in [-0.39, 0.29) is 0 Å². The second-order valence-electron chi connectivity index (χ2n) is 6.01. The van der Waals surface area contributed by atoms with Crippen LogP contribution in [0.15, 0.2) is 34.9 Å². The molecule has 0 radical (unpaired) electrons. The Morgan fingerprint density at radius 3 is 2.09 bits per heavy atom. The van der Waals surface area contributed by atoms with Crippen LogP contribution in [0.25, 0.3) is 0 Å². The summed E-state index contributed by atoms with van der Waals surface area (Å²) in [5, 5.41) is 0. The lowest BCUT2D eigenvalue weighted by atomic mass is 10.1. The van der Waals surface area contributed by atoms with Crippen molar-refractivity contribution >= 4 is 17.7 Å². The Morgan fingerprint density at radius 2 is 1.55 bits per heavy atom. The van der Waals surface area contributed by atoms with Crippen molar-refractivity contribution in [2.24, 2.45) is 11.5 Å². The quantitative estimate of drug-likeness (QED) is 0.446. The molecule has 0 fully saturated rings. The van der Waals surface area contributed by atoms with Crippen molar-refractivity contribution in [3.8, 4) is 0 Å². The van der Waals surface area contributed by atoms with E-state index in [4.69, 9.17) is 11.5 Å². The number of allylic oxidation sites excluding steroid dienone is 5. The molecule has 1 amide bonds. The van der Waals surface area contributed by atoms with E-state index in [1.807, 2.05) is 0 Å². The Kier molecular flexibility index (Phi) is 12.0. The highest BCUT2D eigenvalue weighted by atomic mass is 32.2. The number of thioether (sulfide) groups is 1. The number of carbonyl (C=O) groups is 1. The molecule has 22 heavy (non-hydrogen) atoms. The van der Waals surface area contributed by atoms with Crippen LogP contribution in [0.4, 0.5) is 0 Å². The highest BCUT2D eigenvalue weighted by Gasteiger charge is 2.07. The third-order valence-electron chi connectivity index (χ3n) is 3.34. The number of primary amides is 1. The highest BCUT2D eigenvalue weighted by Crippen LogP contribution is 2.12. The van der Waals surface area contributed by atoms with E-state index in [2.05, 4.69) is 45.9 Å². The van der Waals surface area contributed by atoms with Gasteiger partial charge in [0, 0.05) is 11.5 Å². The molecule has 0 aliphatic rings. The van der Waals surface area contributed by atoms with E-state index >= 15 is 0 Å². The van der Waals surface area contributed by atoms with Gasteiger partial charge in [-0.3, -0.25) is 4.79 Å². The van der Waals surface area contributed by atoms with Gasteiger partial charge in [0.25, 0.3) is 0 Å². The smallest absolute Gasteiger partial charge is 0.235 e. The lowest BCUT2D eigenvalue weighted by molar-refractivity contribution is -0.118. The zero-order chi connectivity index (χ0) is 17.0. The molecule has 0 heterocycles. The van der Waals surface area contributed by atoms with E-state index in [0.717, 1.165) is 31.4 Å². The lowest BCUT2D eigenvalue weighted by Crippen LogP contribution is -2.38. The molecule has 0 aliphatic carbocycles. The molecule has 0 aliphatic heterocycles. The van der Waals surface area contributed by atoms with Gasteiger partial charge in [0.05, 0.1) is 6.04 Å². The maximum atomic E-state index is 10.8. The molecular weight excluding hydrogens is 292 g/mol. The molecular formula is C18H32N2OS. The molecule has 0 unspecified atom stereocenters.